The molecule has 2 aliphatic heterocycles. The summed E-state index contributed by atoms with van der Waals surface area (Å²) in [6.45, 7) is 3.81. The number of aryl methyl sites for hydroxylation is 1. The van der Waals surface area contributed by atoms with Gasteiger partial charge in [0.1, 0.15) is 0 Å². The van der Waals surface area contributed by atoms with Crippen molar-refractivity contribution in [3.05, 3.63) is 40.7 Å². The van der Waals surface area contributed by atoms with Crippen LogP contribution >= 0.6 is 0 Å². The Morgan fingerprint density at radius 3 is 2.96 bits per heavy atom. The molecule has 0 radical (unpaired) electrons. The Balaban J connectivity index is 1.60. The van der Waals surface area contributed by atoms with Crippen molar-refractivity contribution in [2.24, 2.45) is 0 Å². The summed E-state index contributed by atoms with van der Waals surface area (Å²) in [5.74, 6) is -0.139. The number of H-pyrrole nitrogens is 1. The van der Waals surface area contributed by atoms with E-state index in [4.69, 9.17) is 0 Å². The van der Waals surface area contributed by atoms with Gasteiger partial charge in [-0.15, -0.1) is 0 Å². The number of carbonyl (C=O) groups excluding carboxylic acids is 1. The second kappa shape index (κ2) is 6.40. The van der Waals surface area contributed by atoms with E-state index in [0.29, 0.717) is 36.6 Å². The van der Waals surface area contributed by atoms with Gasteiger partial charge in [-0.2, -0.15) is 5.10 Å². The van der Waals surface area contributed by atoms with E-state index in [9.17, 15) is 13.2 Å². The van der Waals surface area contributed by atoms with Crippen LogP contribution in [0, 0.1) is 6.92 Å². The molecular formula is C17H21N5O3S. The van der Waals surface area contributed by atoms with Gasteiger partial charge in [0.25, 0.3) is 5.91 Å². The lowest BCUT2D eigenvalue weighted by Crippen LogP contribution is -2.26. The summed E-state index contributed by atoms with van der Waals surface area (Å²) in [7, 11) is -3.27. The molecule has 0 aliphatic carbocycles. The minimum absolute atomic E-state index is 0.162. The lowest BCUT2D eigenvalue weighted by Gasteiger charge is -2.20. The molecule has 2 aliphatic rings. The average Bonchev–Trinajstić information content (AvgIpc) is 3.19. The number of carbonyl (C=O) groups is 1. The molecule has 3 heterocycles. The molecule has 3 N–H and O–H groups in total. The maximum absolute atomic E-state index is 12.6. The second-order valence-corrected chi connectivity index (χ2v) is 8.67. The van der Waals surface area contributed by atoms with Gasteiger partial charge in [0.05, 0.1) is 11.4 Å². The van der Waals surface area contributed by atoms with Gasteiger partial charge < -0.3 is 10.6 Å². The zero-order valence-electron chi connectivity index (χ0n) is 14.5. The Morgan fingerprint density at radius 1 is 1.35 bits per heavy atom. The van der Waals surface area contributed by atoms with Crippen LogP contribution in [0.4, 0.5) is 11.4 Å². The molecule has 1 fully saturated rings. The Labute approximate surface area is 152 Å². The van der Waals surface area contributed by atoms with Gasteiger partial charge in [0, 0.05) is 43.0 Å². The maximum atomic E-state index is 12.6. The second-order valence-electron chi connectivity index (χ2n) is 6.65. The molecule has 1 aromatic carbocycles. The third-order valence-corrected chi connectivity index (χ3v) is 6.71. The number of nitrogens with one attached hydrogen (secondary N) is 3. The van der Waals surface area contributed by atoms with E-state index in [1.165, 1.54) is 4.31 Å². The lowest BCUT2D eigenvalue weighted by atomic mass is 10.1. The number of hydrogen-bond acceptors (Lipinski definition) is 5. The van der Waals surface area contributed by atoms with Gasteiger partial charge in [-0.1, -0.05) is 6.07 Å². The van der Waals surface area contributed by atoms with Gasteiger partial charge in [0.15, 0.2) is 5.69 Å². The minimum Gasteiger partial charge on any atom is -0.321 e. The first-order chi connectivity index (χ1) is 12.5. The van der Waals surface area contributed by atoms with Crippen LogP contribution < -0.4 is 14.9 Å². The monoisotopic (exact) mass is 375 g/mol. The molecule has 0 saturated carbocycles. The van der Waals surface area contributed by atoms with Crippen LogP contribution in [0.3, 0.4) is 0 Å². The molecule has 1 aromatic heterocycles. The van der Waals surface area contributed by atoms with Crippen molar-refractivity contribution in [3.63, 3.8) is 0 Å². The van der Waals surface area contributed by atoms with Crippen LogP contribution in [0.5, 0.6) is 0 Å². The van der Waals surface area contributed by atoms with E-state index in [0.717, 1.165) is 29.8 Å². The summed E-state index contributed by atoms with van der Waals surface area (Å²) in [6.07, 6.45) is 1.43. The quantitative estimate of drug-likeness (QED) is 0.746. The van der Waals surface area contributed by atoms with Crippen LogP contribution in [-0.4, -0.2) is 43.4 Å². The van der Waals surface area contributed by atoms with Crippen molar-refractivity contribution in [1.29, 1.82) is 0 Å². The fourth-order valence-electron chi connectivity index (χ4n) is 3.47. The first kappa shape index (κ1) is 17.0. The predicted molar refractivity (Wildman–Crippen MR) is 98.9 cm³/mol. The molecule has 2 aromatic rings. The summed E-state index contributed by atoms with van der Waals surface area (Å²) in [5.41, 5.74) is 4.28. The number of rotatable bonds is 3. The highest BCUT2D eigenvalue weighted by Crippen LogP contribution is 2.30. The summed E-state index contributed by atoms with van der Waals surface area (Å²) >= 11 is 0. The fourth-order valence-corrected chi connectivity index (χ4v) is 5.09. The fraction of sp³-hybridized carbons (Fsp3) is 0.412. The van der Waals surface area contributed by atoms with E-state index in [1.807, 2.05) is 13.0 Å². The molecule has 8 nitrogen and oxygen atoms in total. The van der Waals surface area contributed by atoms with E-state index in [-0.39, 0.29) is 11.7 Å². The molecule has 138 valence electrons. The highest BCUT2D eigenvalue weighted by molar-refractivity contribution is 7.93. The Hall–Kier alpha value is -2.39. The van der Waals surface area contributed by atoms with Gasteiger partial charge in [-0.05, 0) is 31.0 Å². The topological polar surface area (TPSA) is 107 Å². The molecule has 1 saturated heterocycles. The van der Waals surface area contributed by atoms with Gasteiger partial charge in [-0.25, -0.2) is 8.42 Å². The van der Waals surface area contributed by atoms with Crippen molar-refractivity contribution in [3.8, 4) is 0 Å². The Bertz CT molecular complexity index is 967. The number of nitrogens with zero attached hydrogens (tertiary/aromatic N) is 2. The molecular weight excluding hydrogens is 354 g/mol. The van der Waals surface area contributed by atoms with Gasteiger partial charge in [0.2, 0.25) is 10.0 Å². The van der Waals surface area contributed by atoms with E-state index >= 15 is 0 Å². The average molecular weight is 375 g/mol. The molecule has 9 heteroatoms. The van der Waals surface area contributed by atoms with Gasteiger partial charge in [-0.3, -0.25) is 14.2 Å². The standard InChI is InChI=1S/C17H21N5O3S/c1-11-3-4-12(9-15(11)22-7-2-8-26(22,24)25)19-17(23)16-13-10-18-6-5-14(13)20-21-16/h3-4,9,18H,2,5-8,10H2,1H3,(H,19,23)(H,20,21). The van der Waals surface area contributed by atoms with Crippen LogP contribution in [0.15, 0.2) is 18.2 Å². The summed E-state index contributed by atoms with van der Waals surface area (Å²) < 4.78 is 25.9. The van der Waals surface area contributed by atoms with Crippen LogP contribution in [0.2, 0.25) is 0 Å². The number of sulfonamides is 1. The summed E-state index contributed by atoms with van der Waals surface area (Å²) in [6, 6.07) is 5.31. The number of amides is 1. The SMILES string of the molecule is Cc1ccc(NC(=O)c2n[nH]c3c2CNCC3)cc1N1CCCS1(=O)=O. The first-order valence-corrected chi connectivity index (χ1v) is 10.3. The highest BCUT2D eigenvalue weighted by Gasteiger charge is 2.30. The highest BCUT2D eigenvalue weighted by atomic mass is 32.2. The molecule has 4 rings (SSSR count). The largest absolute Gasteiger partial charge is 0.321 e. The van der Waals surface area contributed by atoms with Crippen LogP contribution in [0.1, 0.15) is 33.7 Å². The normalized spacial score (nSPS) is 18.6. The van der Waals surface area contributed by atoms with Crippen molar-refractivity contribution in [2.75, 3.05) is 28.5 Å². The van der Waals surface area contributed by atoms with E-state index in [1.54, 1.807) is 12.1 Å². The third kappa shape index (κ3) is 2.97. The first-order valence-electron chi connectivity index (χ1n) is 8.65. The Kier molecular flexibility index (Phi) is 4.20. The number of aromatic nitrogens is 2. The lowest BCUT2D eigenvalue weighted by molar-refractivity contribution is 0.102. The Morgan fingerprint density at radius 2 is 2.19 bits per heavy atom. The third-order valence-electron chi connectivity index (χ3n) is 4.86. The van der Waals surface area contributed by atoms with Crippen molar-refractivity contribution in [2.45, 2.75) is 26.3 Å². The predicted octanol–water partition coefficient (Wildman–Crippen LogP) is 1.16. The van der Waals surface area contributed by atoms with Crippen LogP contribution in [-0.2, 0) is 23.0 Å². The number of fused-ring (bicyclic) bond motifs is 1. The number of hydrogen-bond donors (Lipinski definition) is 3. The molecule has 0 bridgehead atoms. The number of aromatic amines is 1. The zero-order chi connectivity index (χ0) is 18.3. The molecule has 1 amide bonds. The molecule has 0 atom stereocenters. The number of anilines is 2. The van der Waals surface area contributed by atoms with Crippen molar-refractivity contribution in [1.82, 2.24) is 15.5 Å². The smallest absolute Gasteiger partial charge is 0.276 e. The molecule has 0 spiro atoms. The van der Waals surface area contributed by atoms with E-state index in [2.05, 4.69) is 20.8 Å². The number of benzene rings is 1. The summed E-state index contributed by atoms with van der Waals surface area (Å²) in [4.78, 5) is 12.6. The summed E-state index contributed by atoms with van der Waals surface area (Å²) in [5, 5.41) is 13.2. The maximum Gasteiger partial charge on any atom is 0.276 e. The molecule has 0 unspecified atom stereocenters. The van der Waals surface area contributed by atoms with E-state index < -0.39 is 10.0 Å². The molecule has 26 heavy (non-hydrogen) atoms. The van der Waals surface area contributed by atoms with Gasteiger partial charge >= 0.3 is 0 Å². The van der Waals surface area contributed by atoms with Crippen molar-refractivity contribution >= 4 is 27.3 Å². The van der Waals surface area contributed by atoms with Crippen molar-refractivity contribution < 1.29 is 13.2 Å². The zero-order valence-corrected chi connectivity index (χ0v) is 15.3. The minimum atomic E-state index is -3.27. The van der Waals surface area contributed by atoms with Crippen LogP contribution in [0.25, 0.3) is 0 Å².